The van der Waals surface area contributed by atoms with Gasteiger partial charge in [0.1, 0.15) is 18.4 Å². The van der Waals surface area contributed by atoms with Gasteiger partial charge in [0, 0.05) is 24.1 Å². The van der Waals surface area contributed by atoms with Crippen LogP contribution >= 0.6 is 0 Å². The molecule has 4 aromatic rings. The fraction of sp³-hybridized carbons (Fsp3) is 0.229. The van der Waals surface area contributed by atoms with Crippen molar-refractivity contribution >= 4 is 11.9 Å². The van der Waals surface area contributed by atoms with Crippen molar-refractivity contribution in [2.45, 2.75) is 38.6 Å². The minimum atomic E-state index is -1.04. The average molecular weight is 577 g/mol. The van der Waals surface area contributed by atoms with Crippen LogP contribution in [0.2, 0.25) is 0 Å². The molecule has 0 saturated heterocycles. The van der Waals surface area contributed by atoms with Gasteiger partial charge in [0.2, 0.25) is 6.10 Å². The van der Waals surface area contributed by atoms with Gasteiger partial charge in [-0.3, -0.25) is 4.79 Å². The molecule has 1 aliphatic heterocycles. The molecule has 0 N–H and O–H groups in total. The highest BCUT2D eigenvalue weighted by Gasteiger charge is 2.41. The quantitative estimate of drug-likeness (QED) is 0.221. The number of nitriles is 1. The van der Waals surface area contributed by atoms with Gasteiger partial charge in [0.05, 0.1) is 25.3 Å². The molecule has 0 saturated carbocycles. The van der Waals surface area contributed by atoms with Crippen LogP contribution in [0.15, 0.2) is 97.1 Å². The minimum absolute atomic E-state index is 0.142. The number of benzene rings is 4. The number of amides is 1. The molecule has 1 heterocycles. The van der Waals surface area contributed by atoms with Crippen molar-refractivity contribution in [1.29, 1.82) is 5.26 Å². The molecule has 0 aromatic heterocycles. The van der Waals surface area contributed by atoms with Crippen molar-refractivity contribution in [3.63, 3.8) is 0 Å². The summed E-state index contributed by atoms with van der Waals surface area (Å²) in [6.45, 7) is 2.36. The largest absolute Gasteiger partial charge is 0.493 e. The lowest BCUT2D eigenvalue weighted by molar-refractivity contribution is -0.158. The summed E-state index contributed by atoms with van der Waals surface area (Å²) in [6.07, 6.45) is -0.862. The zero-order valence-electron chi connectivity index (χ0n) is 24.1. The van der Waals surface area contributed by atoms with Crippen molar-refractivity contribution in [1.82, 2.24) is 4.90 Å². The number of carbonyl (C=O) groups is 2. The van der Waals surface area contributed by atoms with Crippen LogP contribution in [0.4, 0.5) is 0 Å². The van der Waals surface area contributed by atoms with E-state index in [9.17, 15) is 14.9 Å². The third-order valence-corrected chi connectivity index (χ3v) is 7.29. The molecule has 8 nitrogen and oxygen atoms in total. The van der Waals surface area contributed by atoms with Gasteiger partial charge < -0.3 is 23.8 Å². The zero-order chi connectivity index (χ0) is 30.2. The number of nitrogens with zero attached hydrogens (tertiary/aromatic N) is 2. The van der Waals surface area contributed by atoms with E-state index >= 15 is 0 Å². The first-order valence-corrected chi connectivity index (χ1v) is 14.1. The average Bonchev–Trinajstić information content (AvgIpc) is 3.06. The fourth-order valence-corrected chi connectivity index (χ4v) is 5.13. The highest BCUT2D eigenvalue weighted by atomic mass is 16.5. The van der Waals surface area contributed by atoms with Crippen LogP contribution in [-0.2, 0) is 33.9 Å². The Morgan fingerprint density at radius 3 is 2.30 bits per heavy atom. The predicted molar refractivity (Wildman–Crippen MR) is 159 cm³/mol. The molecule has 4 aromatic carbocycles. The first kappa shape index (κ1) is 29.2. The molecule has 0 fully saturated rings. The molecule has 0 unspecified atom stereocenters. The number of esters is 1. The topological polar surface area (TPSA) is 98.1 Å². The van der Waals surface area contributed by atoms with Gasteiger partial charge >= 0.3 is 5.97 Å². The van der Waals surface area contributed by atoms with Gasteiger partial charge in [-0.15, -0.1) is 0 Å². The maximum Gasteiger partial charge on any atom is 0.329 e. The molecule has 0 bridgehead atoms. The summed E-state index contributed by atoms with van der Waals surface area (Å²) < 4.78 is 23.6. The van der Waals surface area contributed by atoms with E-state index in [2.05, 4.69) is 6.07 Å². The van der Waals surface area contributed by atoms with Crippen molar-refractivity contribution in [2.75, 3.05) is 13.7 Å². The highest BCUT2D eigenvalue weighted by molar-refractivity contribution is 5.89. The van der Waals surface area contributed by atoms with E-state index in [0.717, 1.165) is 16.7 Å². The van der Waals surface area contributed by atoms with E-state index in [0.29, 0.717) is 35.0 Å². The molecular weight excluding hydrogens is 544 g/mol. The monoisotopic (exact) mass is 576 g/mol. The van der Waals surface area contributed by atoms with E-state index in [1.807, 2.05) is 72.8 Å². The lowest BCUT2D eigenvalue weighted by atomic mass is 9.91. The van der Waals surface area contributed by atoms with Gasteiger partial charge in [-0.1, -0.05) is 66.7 Å². The lowest BCUT2D eigenvalue weighted by Gasteiger charge is -2.38. The summed E-state index contributed by atoms with van der Waals surface area (Å²) in [4.78, 5) is 29.3. The molecule has 1 aliphatic rings. The van der Waals surface area contributed by atoms with E-state index in [1.54, 1.807) is 38.3 Å². The second-order valence-corrected chi connectivity index (χ2v) is 9.99. The fourth-order valence-electron chi connectivity index (χ4n) is 5.13. The Morgan fingerprint density at radius 2 is 1.65 bits per heavy atom. The van der Waals surface area contributed by atoms with Crippen LogP contribution in [-0.4, -0.2) is 36.5 Å². The Bertz CT molecular complexity index is 1600. The van der Waals surface area contributed by atoms with Gasteiger partial charge in [-0.2, -0.15) is 5.26 Å². The smallest absolute Gasteiger partial charge is 0.329 e. The normalized spacial score (nSPS) is 14.5. The Balaban J connectivity index is 1.51. The summed E-state index contributed by atoms with van der Waals surface area (Å²) in [5.74, 6) is 0.611. The van der Waals surface area contributed by atoms with Crippen LogP contribution in [0.1, 0.15) is 40.8 Å². The third-order valence-electron chi connectivity index (χ3n) is 7.29. The molecular formula is C35H32N2O6. The van der Waals surface area contributed by atoms with E-state index in [-0.39, 0.29) is 25.5 Å². The Morgan fingerprint density at radius 1 is 0.953 bits per heavy atom. The number of hydrogen-bond acceptors (Lipinski definition) is 7. The van der Waals surface area contributed by atoms with Crippen LogP contribution in [0.25, 0.3) is 0 Å². The zero-order valence-corrected chi connectivity index (χ0v) is 24.1. The van der Waals surface area contributed by atoms with Crippen LogP contribution in [0, 0.1) is 11.3 Å². The summed E-state index contributed by atoms with van der Waals surface area (Å²) in [5, 5.41) is 9.18. The summed E-state index contributed by atoms with van der Waals surface area (Å²) >= 11 is 0. The Labute approximate surface area is 251 Å². The molecule has 0 spiro atoms. The SMILES string of the molecule is CCOC(=O)[C@@H]1Cc2c(ccc(OC)c2OCc2ccccc2)CN1C(=O)[C@@H](Oc1ccc(C#N)cc1)c1ccccc1. The Kier molecular flexibility index (Phi) is 9.23. The maximum atomic E-state index is 14.4. The maximum absolute atomic E-state index is 14.4. The number of ether oxygens (including phenoxy) is 4. The molecule has 8 heteroatoms. The molecule has 2 atom stereocenters. The molecule has 1 amide bonds. The second-order valence-electron chi connectivity index (χ2n) is 9.99. The van der Waals surface area contributed by atoms with Crippen molar-refractivity contribution in [3.05, 3.63) is 125 Å². The molecule has 218 valence electrons. The van der Waals surface area contributed by atoms with Gasteiger partial charge in [-0.25, -0.2) is 4.79 Å². The first-order chi connectivity index (χ1) is 21.0. The van der Waals surface area contributed by atoms with Crippen LogP contribution in [0.5, 0.6) is 17.2 Å². The first-order valence-electron chi connectivity index (χ1n) is 14.1. The third kappa shape index (κ3) is 6.62. The van der Waals surface area contributed by atoms with Gasteiger partial charge in [0.15, 0.2) is 11.5 Å². The van der Waals surface area contributed by atoms with Crippen molar-refractivity contribution < 1.29 is 28.5 Å². The second kappa shape index (κ2) is 13.6. The summed E-state index contributed by atoms with van der Waals surface area (Å²) in [6, 6.07) is 30.3. The highest BCUT2D eigenvalue weighted by Crippen LogP contribution is 2.40. The van der Waals surface area contributed by atoms with Gasteiger partial charge in [0.25, 0.3) is 5.91 Å². The standard InChI is InChI=1S/C35H32N2O6/c1-3-41-35(39)30-20-29-27(16-19-31(40-2)33(29)42-23-25-10-6-4-7-11-25)22-37(30)34(38)32(26-12-8-5-9-13-26)43-28-17-14-24(21-36)15-18-28/h4-19,30,32H,3,20,22-23H2,1-2H3/t30-,32-/m0/s1. The lowest BCUT2D eigenvalue weighted by Crippen LogP contribution is -2.51. The summed E-state index contributed by atoms with van der Waals surface area (Å²) in [5.41, 5.74) is 3.73. The summed E-state index contributed by atoms with van der Waals surface area (Å²) in [7, 11) is 1.57. The van der Waals surface area contributed by atoms with Crippen LogP contribution in [0.3, 0.4) is 0 Å². The molecule has 5 rings (SSSR count). The number of carbonyl (C=O) groups excluding carboxylic acids is 2. The van der Waals surface area contributed by atoms with Crippen LogP contribution < -0.4 is 14.2 Å². The Hall–Kier alpha value is -5.29. The predicted octanol–water partition coefficient (Wildman–Crippen LogP) is 5.78. The number of fused-ring (bicyclic) bond motifs is 1. The van der Waals surface area contributed by atoms with Crippen molar-refractivity contribution in [2.24, 2.45) is 0 Å². The minimum Gasteiger partial charge on any atom is -0.493 e. The number of rotatable bonds is 10. The molecule has 0 radical (unpaired) electrons. The van der Waals surface area contributed by atoms with E-state index in [4.69, 9.17) is 18.9 Å². The number of methoxy groups -OCH3 is 1. The molecule has 0 aliphatic carbocycles. The van der Waals surface area contributed by atoms with Crippen molar-refractivity contribution in [3.8, 4) is 23.3 Å². The molecule has 43 heavy (non-hydrogen) atoms. The van der Waals surface area contributed by atoms with E-state index < -0.39 is 18.1 Å². The van der Waals surface area contributed by atoms with E-state index in [1.165, 1.54) is 4.90 Å². The van der Waals surface area contributed by atoms with Gasteiger partial charge in [-0.05, 0) is 48.4 Å². The number of hydrogen-bond donors (Lipinski definition) is 0.